The van der Waals surface area contributed by atoms with Gasteiger partial charge in [0.05, 0.1) is 38.1 Å². The Kier molecular flexibility index (Phi) is 5.16. The number of pyridine rings is 1. The summed E-state index contributed by atoms with van der Waals surface area (Å²) < 4.78 is 15.8. The number of amides is 1. The zero-order valence-corrected chi connectivity index (χ0v) is 16.0. The van der Waals surface area contributed by atoms with Gasteiger partial charge in [-0.1, -0.05) is 0 Å². The van der Waals surface area contributed by atoms with Gasteiger partial charge >= 0.3 is 0 Å². The summed E-state index contributed by atoms with van der Waals surface area (Å²) in [5.74, 6) is 1.67. The van der Waals surface area contributed by atoms with E-state index in [0.717, 1.165) is 22.2 Å². The third kappa shape index (κ3) is 3.65. The summed E-state index contributed by atoms with van der Waals surface area (Å²) in [4.78, 5) is 17.4. The van der Waals surface area contributed by atoms with E-state index in [-0.39, 0.29) is 5.91 Å². The maximum Gasteiger partial charge on any atom is 0.257 e. The van der Waals surface area contributed by atoms with Crippen molar-refractivity contribution in [3.8, 4) is 17.2 Å². The Morgan fingerprint density at radius 1 is 0.926 bits per heavy atom. The predicted molar refractivity (Wildman–Crippen MR) is 105 cm³/mol. The predicted octanol–water partition coefficient (Wildman–Crippen LogP) is 4.13. The van der Waals surface area contributed by atoms with Gasteiger partial charge in [-0.25, -0.2) is 0 Å². The van der Waals surface area contributed by atoms with Gasteiger partial charge in [-0.2, -0.15) is 0 Å². The van der Waals surface area contributed by atoms with Crippen LogP contribution in [0, 0.1) is 13.8 Å². The average Bonchev–Trinajstić information content (AvgIpc) is 2.67. The molecular weight excluding hydrogens is 344 g/mol. The number of benzene rings is 2. The smallest absolute Gasteiger partial charge is 0.257 e. The number of aromatic nitrogens is 1. The molecule has 1 N–H and O–H groups in total. The van der Waals surface area contributed by atoms with Crippen LogP contribution < -0.4 is 19.5 Å². The Labute approximate surface area is 158 Å². The molecule has 0 aliphatic carbocycles. The lowest BCUT2D eigenvalue weighted by molar-refractivity contribution is 0.102. The fraction of sp³-hybridized carbons (Fsp3) is 0.238. The molecular formula is C21H22N2O4. The minimum absolute atomic E-state index is 0.229. The number of methoxy groups -OCH3 is 3. The SMILES string of the molecule is COc1ccc2cc(C(=O)Nc3cc(OC)c(OC)cc3C)c(C)nc2c1. The highest BCUT2D eigenvalue weighted by atomic mass is 16.5. The maximum atomic E-state index is 12.9. The van der Waals surface area contributed by atoms with Crippen molar-refractivity contribution >= 4 is 22.5 Å². The number of carbonyl (C=O) groups is 1. The number of carbonyl (C=O) groups excluding carboxylic acids is 1. The number of aryl methyl sites for hydroxylation is 2. The Hall–Kier alpha value is -3.28. The van der Waals surface area contributed by atoms with Gasteiger partial charge in [-0.3, -0.25) is 9.78 Å². The maximum absolute atomic E-state index is 12.9. The molecule has 0 aliphatic rings. The number of nitrogens with one attached hydrogen (secondary N) is 1. The number of ether oxygens (including phenoxy) is 3. The van der Waals surface area contributed by atoms with Gasteiger partial charge in [0, 0.05) is 23.2 Å². The number of hydrogen-bond acceptors (Lipinski definition) is 5. The molecule has 0 unspecified atom stereocenters. The van der Waals surface area contributed by atoms with Gasteiger partial charge in [0.25, 0.3) is 5.91 Å². The minimum Gasteiger partial charge on any atom is -0.497 e. The molecule has 1 amide bonds. The zero-order chi connectivity index (χ0) is 19.6. The van der Waals surface area contributed by atoms with Crippen molar-refractivity contribution < 1.29 is 19.0 Å². The van der Waals surface area contributed by atoms with E-state index >= 15 is 0 Å². The van der Waals surface area contributed by atoms with E-state index in [1.54, 1.807) is 27.4 Å². The van der Waals surface area contributed by atoms with Gasteiger partial charge in [0.2, 0.25) is 0 Å². The summed E-state index contributed by atoms with van der Waals surface area (Å²) in [7, 11) is 4.75. The summed E-state index contributed by atoms with van der Waals surface area (Å²) in [5.41, 5.74) is 3.47. The molecule has 0 fully saturated rings. The highest BCUT2D eigenvalue weighted by molar-refractivity contribution is 6.07. The second kappa shape index (κ2) is 7.53. The first kappa shape index (κ1) is 18.5. The molecule has 2 aromatic carbocycles. The molecule has 0 spiro atoms. The largest absolute Gasteiger partial charge is 0.497 e. The molecule has 1 heterocycles. The number of rotatable bonds is 5. The molecule has 3 rings (SSSR count). The molecule has 0 bridgehead atoms. The van der Waals surface area contributed by atoms with Crippen molar-refractivity contribution in [1.82, 2.24) is 4.98 Å². The second-order valence-electron chi connectivity index (χ2n) is 6.16. The molecule has 1 aromatic heterocycles. The quantitative estimate of drug-likeness (QED) is 0.735. The fourth-order valence-corrected chi connectivity index (χ4v) is 2.90. The standard InChI is InChI=1S/C21H22N2O4/c1-12-8-19(26-4)20(27-5)11-17(12)23-21(24)16-9-14-6-7-15(25-3)10-18(14)22-13(16)2/h6-11H,1-5H3,(H,23,24). The van der Waals surface area contributed by atoms with Gasteiger partial charge < -0.3 is 19.5 Å². The van der Waals surface area contributed by atoms with Crippen molar-refractivity contribution in [2.75, 3.05) is 26.6 Å². The van der Waals surface area contributed by atoms with Crippen molar-refractivity contribution in [3.05, 3.63) is 53.2 Å². The number of anilines is 1. The van der Waals surface area contributed by atoms with Crippen LogP contribution in [0.1, 0.15) is 21.6 Å². The Balaban J connectivity index is 1.95. The van der Waals surface area contributed by atoms with Crippen LogP contribution in [0.4, 0.5) is 5.69 Å². The highest BCUT2D eigenvalue weighted by Gasteiger charge is 2.15. The lowest BCUT2D eigenvalue weighted by Gasteiger charge is -2.14. The van der Waals surface area contributed by atoms with Crippen LogP contribution in [-0.2, 0) is 0 Å². The van der Waals surface area contributed by atoms with Crippen LogP contribution in [0.2, 0.25) is 0 Å². The number of nitrogens with zero attached hydrogens (tertiary/aromatic N) is 1. The summed E-state index contributed by atoms with van der Waals surface area (Å²) in [6, 6.07) is 11.0. The van der Waals surface area contributed by atoms with Crippen LogP contribution in [0.5, 0.6) is 17.2 Å². The van der Waals surface area contributed by atoms with E-state index in [9.17, 15) is 4.79 Å². The first-order valence-corrected chi connectivity index (χ1v) is 8.46. The third-order valence-electron chi connectivity index (χ3n) is 4.44. The molecule has 27 heavy (non-hydrogen) atoms. The number of hydrogen-bond donors (Lipinski definition) is 1. The summed E-state index contributed by atoms with van der Waals surface area (Å²) in [6.07, 6.45) is 0. The molecule has 6 heteroatoms. The molecule has 0 radical (unpaired) electrons. The highest BCUT2D eigenvalue weighted by Crippen LogP contribution is 2.33. The van der Waals surface area contributed by atoms with E-state index < -0.39 is 0 Å². The van der Waals surface area contributed by atoms with Crippen LogP contribution in [0.25, 0.3) is 10.9 Å². The van der Waals surface area contributed by atoms with Gasteiger partial charge in [-0.15, -0.1) is 0 Å². The molecule has 140 valence electrons. The van der Waals surface area contributed by atoms with Crippen molar-refractivity contribution in [2.24, 2.45) is 0 Å². The van der Waals surface area contributed by atoms with E-state index in [1.165, 1.54) is 0 Å². The molecule has 0 aliphatic heterocycles. The third-order valence-corrected chi connectivity index (χ3v) is 4.44. The van der Waals surface area contributed by atoms with Crippen LogP contribution in [-0.4, -0.2) is 32.2 Å². The number of fused-ring (bicyclic) bond motifs is 1. The van der Waals surface area contributed by atoms with E-state index in [1.807, 2.05) is 44.2 Å². The van der Waals surface area contributed by atoms with Crippen LogP contribution in [0.15, 0.2) is 36.4 Å². The first-order chi connectivity index (χ1) is 13.0. The van der Waals surface area contributed by atoms with Crippen LogP contribution in [0.3, 0.4) is 0 Å². The lowest BCUT2D eigenvalue weighted by atomic mass is 10.1. The minimum atomic E-state index is -0.229. The normalized spacial score (nSPS) is 10.6. The average molecular weight is 366 g/mol. The topological polar surface area (TPSA) is 69.7 Å². The van der Waals surface area contributed by atoms with Gasteiger partial charge in [-0.05, 0) is 43.7 Å². The summed E-state index contributed by atoms with van der Waals surface area (Å²) in [5, 5.41) is 3.81. The molecule has 0 saturated carbocycles. The second-order valence-corrected chi connectivity index (χ2v) is 6.16. The van der Waals surface area contributed by atoms with Crippen molar-refractivity contribution in [3.63, 3.8) is 0 Å². The molecule has 6 nitrogen and oxygen atoms in total. The van der Waals surface area contributed by atoms with Gasteiger partial charge in [0.1, 0.15) is 5.75 Å². The van der Waals surface area contributed by atoms with E-state index in [2.05, 4.69) is 10.3 Å². The first-order valence-electron chi connectivity index (χ1n) is 8.46. The molecule has 0 atom stereocenters. The zero-order valence-electron chi connectivity index (χ0n) is 16.0. The van der Waals surface area contributed by atoms with Gasteiger partial charge in [0.15, 0.2) is 11.5 Å². The summed E-state index contributed by atoms with van der Waals surface area (Å²) in [6.45, 7) is 3.71. The Morgan fingerprint density at radius 2 is 1.63 bits per heavy atom. The van der Waals surface area contributed by atoms with Crippen molar-refractivity contribution in [1.29, 1.82) is 0 Å². The van der Waals surface area contributed by atoms with E-state index in [0.29, 0.717) is 28.4 Å². The van der Waals surface area contributed by atoms with Crippen molar-refractivity contribution in [2.45, 2.75) is 13.8 Å². The molecule has 3 aromatic rings. The Bertz CT molecular complexity index is 1010. The van der Waals surface area contributed by atoms with E-state index in [4.69, 9.17) is 14.2 Å². The fourth-order valence-electron chi connectivity index (χ4n) is 2.90. The monoisotopic (exact) mass is 366 g/mol. The Morgan fingerprint density at radius 3 is 2.30 bits per heavy atom. The summed E-state index contributed by atoms with van der Waals surface area (Å²) >= 11 is 0. The molecule has 0 saturated heterocycles. The van der Waals surface area contributed by atoms with Crippen LogP contribution >= 0.6 is 0 Å². The lowest BCUT2D eigenvalue weighted by Crippen LogP contribution is -2.15.